The number of methoxy groups -OCH3 is 1. The Balaban J connectivity index is 1.66. The van der Waals surface area contributed by atoms with Gasteiger partial charge in [-0.15, -0.1) is 0 Å². The molecular weight excluding hydrogens is 422 g/mol. The maximum absolute atomic E-state index is 12.5. The lowest BCUT2D eigenvalue weighted by Crippen LogP contribution is -2.40. The number of likely N-dealkylation sites (tertiary alicyclic amines) is 1. The maximum Gasteiger partial charge on any atom is 0.408 e. The second kappa shape index (κ2) is 11.2. The Morgan fingerprint density at radius 3 is 2.48 bits per heavy atom. The van der Waals surface area contributed by atoms with Gasteiger partial charge in [0.2, 0.25) is 0 Å². The highest BCUT2D eigenvalue weighted by atomic mass is 16.6. The average molecular weight is 456 g/mol. The molecule has 0 aliphatic carbocycles. The van der Waals surface area contributed by atoms with Crippen molar-refractivity contribution in [3.63, 3.8) is 0 Å². The van der Waals surface area contributed by atoms with E-state index >= 15 is 0 Å². The molecule has 3 heterocycles. The van der Waals surface area contributed by atoms with Crippen molar-refractivity contribution < 1.29 is 19.1 Å². The molecule has 9 nitrogen and oxygen atoms in total. The largest absolute Gasteiger partial charge is 0.469 e. The van der Waals surface area contributed by atoms with Crippen LogP contribution in [0, 0.1) is 5.92 Å². The van der Waals surface area contributed by atoms with Gasteiger partial charge in [0.25, 0.3) is 0 Å². The van der Waals surface area contributed by atoms with Gasteiger partial charge in [0, 0.05) is 18.3 Å². The monoisotopic (exact) mass is 455 g/mol. The molecule has 3 rings (SSSR count). The molecule has 0 saturated carbocycles. The summed E-state index contributed by atoms with van der Waals surface area (Å²) in [6.45, 7) is 7.95. The Kier molecular flexibility index (Phi) is 8.32. The van der Waals surface area contributed by atoms with E-state index in [2.05, 4.69) is 25.4 Å². The molecule has 2 aromatic rings. The van der Waals surface area contributed by atoms with Crippen LogP contribution in [0.4, 0.5) is 4.79 Å². The van der Waals surface area contributed by atoms with Gasteiger partial charge in [0.15, 0.2) is 0 Å². The molecule has 178 valence electrons. The molecule has 0 aromatic carbocycles. The Labute approximate surface area is 194 Å². The van der Waals surface area contributed by atoms with Crippen LogP contribution in [0.1, 0.15) is 51.6 Å². The van der Waals surface area contributed by atoms with E-state index < -0.39 is 11.7 Å². The number of hydrogen-bond donors (Lipinski definition) is 1. The van der Waals surface area contributed by atoms with Crippen LogP contribution in [0.5, 0.6) is 0 Å². The Morgan fingerprint density at radius 2 is 1.91 bits per heavy atom. The fraction of sp³-hybridized carbons (Fsp3) is 0.542. The molecule has 33 heavy (non-hydrogen) atoms. The van der Waals surface area contributed by atoms with Crippen LogP contribution < -0.4 is 5.32 Å². The molecule has 9 heteroatoms. The zero-order valence-corrected chi connectivity index (χ0v) is 19.8. The highest BCUT2D eigenvalue weighted by Gasteiger charge is 2.27. The zero-order valence-electron chi connectivity index (χ0n) is 19.8. The number of rotatable bonds is 7. The van der Waals surface area contributed by atoms with Gasteiger partial charge in [-0.3, -0.25) is 9.78 Å². The van der Waals surface area contributed by atoms with Gasteiger partial charge in [-0.2, -0.15) is 10.2 Å². The van der Waals surface area contributed by atoms with Crippen LogP contribution in [0.3, 0.4) is 0 Å². The first kappa shape index (κ1) is 24.6. The third-order valence-electron chi connectivity index (χ3n) is 5.62. The first-order valence-corrected chi connectivity index (χ1v) is 11.3. The number of aromatic nitrogens is 3. The molecule has 1 N–H and O–H groups in total. The van der Waals surface area contributed by atoms with Gasteiger partial charge in [0.1, 0.15) is 5.60 Å². The van der Waals surface area contributed by atoms with E-state index in [4.69, 9.17) is 9.47 Å². The molecule has 1 aliphatic heterocycles. The van der Waals surface area contributed by atoms with E-state index in [-0.39, 0.29) is 17.9 Å². The third kappa shape index (κ3) is 7.49. The number of hydrogen-bond acceptors (Lipinski definition) is 8. The summed E-state index contributed by atoms with van der Waals surface area (Å²) in [5.41, 5.74) is 1.98. The van der Waals surface area contributed by atoms with Crippen molar-refractivity contribution in [2.75, 3.05) is 26.7 Å². The van der Waals surface area contributed by atoms with Gasteiger partial charge in [0.05, 0.1) is 37.2 Å². The van der Waals surface area contributed by atoms with Crippen LogP contribution in [0.25, 0.3) is 11.3 Å². The second-order valence-electron chi connectivity index (χ2n) is 9.23. The van der Waals surface area contributed by atoms with Crippen LogP contribution in [0.2, 0.25) is 0 Å². The minimum absolute atomic E-state index is 0.0265. The number of pyridine rings is 1. The third-order valence-corrected chi connectivity index (χ3v) is 5.62. The van der Waals surface area contributed by atoms with Gasteiger partial charge in [-0.05, 0) is 70.8 Å². The number of esters is 1. The van der Waals surface area contributed by atoms with E-state index in [1.165, 1.54) is 7.11 Å². The zero-order chi connectivity index (χ0) is 23.8. The average Bonchev–Trinajstić information content (AvgIpc) is 2.81. The van der Waals surface area contributed by atoms with Crippen molar-refractivity contribution in [3.05, 3.63) is 42.4 Å². The molecule has 1 saturated heterocycles. The topological polar surface area (TPSA) is 107 Å². The first-order chi connectivity index (χ1) is 15.7. The van der Waals surface area contributed by atoms with Gasteiger partial charge in [-0.25, -0.2) is 4.79 Å². The summed E-state index contributed by atoms with van der Waals surface area (Å²) in [7, 11) is 1.44. The summed E-state index contributed by atoms with van der Waals surface area (Å²) in [6.07, 6.45) is 6.87. The van der Waals surface area contributed by atoms with Crippen molar-refractivity contribution in [1.82, 2.24) is 25.4 Å². The summed E-state index contributed by atoms with van der Waals surface area (Å²) in [5, 5.41) is 10.7. The molecule has 0 bridgehead atoms. The molecule has 0 unspecified atom stereocenters. The van der Waals surface area contributed by atoms with Crippen molar-refractivity contribution in [3.8, 4) is 11.3 Å². The Morgan fingerprint density at radius 1 is 1.15 bits per heavy atom. The number of alkyl carbamates (subject to hydrolysis) is 1. The van der Waals surface area contributed by atoms with Crippen LogP contribution in [-0.4, -0.2) is 64.5 Å². The van der Waals surface area contributed by atoms with Crippen molar-refractivity contribution >= 4 is 12.1 Å². The van der Waals surface area contributed by atoms with Crippen LogP contribution in [0.15, 0.2) is 36.8 Å². The smallest absolute Gasteiger partial charge is 0.408 e. The quantitative estimate of drug-likeness (QED) is 0.633. The minimum atomic E-state index is -0.582. The highest BCUT2D eigenvalue weighted by molar-refractivity contribution is 5.72. The van der Waals surface area contributed by atoms with Gasteiger partial charge in [-0.1, -0.05) is 6.07 Å². The first-order valence-electron chi connectivity index (χ1n) is 11.3. The van der Waals surface area contributed by atoms with Crippen LogP contribution in [-0.2, 0) is 14.3 Å². The molecule has 0 radical (unpaired) electrons. The summed E-state index contributed by atoms with van der Waals surface area (Å²) >= 11 is 0. The Bertz CT molecular complexity index is 907. The number of carbonyl (C=O) groups is 2. The SMILES string of the molecule is COC(=O)C1CCN(CC[C@@H](NC(=O)OC(C)(C)C)c2ccc(-c3ccnnc3)nc2)CC1. The van der Waals surface area contributed by atoms with E-state index in [1.54, 1.807) is 18.6 Å². The molecular formula is C24H33N5O4. The summed E-state index contributed by atoms with van der Waals surface area (Å²) in [6, 6.07) is 5.48. The molecule has 0 spiro atoms. The maximum atomic E-state index is 12.5. The van der Waals surface area contributed by atoms with Crippen molar-refractivity contribution in [2.45, 2.75) is 51.7 Å². The number of nitrogens with one attached hydrogen (secondary N) is 1. The lowest BCUT2D eigenvalue weighted by atomic mass is 9.96. The normalized spacial score (nSPS) is 16.1. The standard InChI is InChI=1S/C24H33N5O4/c1-24(2,3)33-23(31)28-21(10-14-29-12-8-17(9-13-29)22(30)32-4)18-5-6-20(25-15-18)19-7-11-26-27-16-19/h5-7,11,15-17,21H,8-10,12-14H2,1-4H3,(H,28,31)/t21-/m1/s1. The lowest BCUT2D eigenvalue weighted by Gasteiger charge is -2.32. The van der Waals surface area contributed by atoms with E-state index in [1.807, 2.05) is 39.0 Å². The Hall–Kier alpha value is -3.07. The predicted octanol–water partition coefficient (Wildman–Crippen LogP) is 3.38. The fourth-order valence-electron chi connectivity index (χ4n) is 3.87. The number of carbonyl (C=O) groups excluding carboxylic acids is 2. The summed E-state index contributed by atoms with van der Waals surface area (Å²) in [4.78, 5) is 31.1. The molecule has 1 amide bonds. The predicted molar refractivity (Wildman–Crippen MR) is 123 cm³/mol. The summed E-state index contributed by atoms with van der Waals surface area (Å²) in [5.74, 6) is -0.156. The summed E-state index contributed by atoms with van der Waals surface area (Å²) < 4.78 is 10.3. The molecule has 1 atom stereocenters. The van der Waals surface area contributed by atoms with Gasteiger partial charge < -0.3 is 19.7 Å². The number of piperidine rings is 1. The number of ether oxygens (including phenoxy) is 2. The molecule has 1 aliphatic rings. The molecule has 1 fully saturated rings. The highest BCUT2D eigenvalue weighted by Crippen LogP contribution is 2.24. The van der Waals surface area contributed by atoms with Crippen molar-refractivity contribution in [2.24, 2.45) is 5.92 Å². The van der Waals surface area contributed by atoms with Gasteiger partial charge >= 0.3 is 12.1 Å². The molecule has 2 aromatic heterocycles. The second-order valence-corrected chi connectivity index (χ2v) is 9.23. The number of amides is 1. The van der Waals surface area contributed by atoms with E-state index in [9.17, 15) is 9.59 Å². The fourth-order valence-corrected chi connectivity index (χ4v) is 3.87. The van der Waals surface area contributed by atoms with Crippen molar-refractivity contribution in [1.29, 1.82) is 0 Å². The minimum Gasteiger partial charge on any atom is -0.469 e. The van der Waals surface area contributed by atoms with E-state index in [0.29, 0.717) is 6.42 Å². The van der Waals surface area contributed by atoms with Crippen LogP contribution >= 0.6 is 0 Å². The van der Waals surface area contributed by atoms with E-state index in [0.717, 1.165) is 49.3 Å². The number of nitrogens with zero attached hydrogens (tertiary/aromatic N) is 4. The lowest BCUT2D eigenvalue weighted by molar-refractivity contribution is -0.147.